The summed E-state index contributed by atoms with van der Waals surface area (Å²) in [6, 6.07) is 7.03. The van der Waals surface area contributed by atoms with Crippen LogP contribution in [0.3, 0.4) is 0 Å². The molecule has 0 aliphatic heterocycles. The lowest BCUT2D eigenvalue weighted by atomic mass is 10.0. The molecule has 0 saturated carbocycles. The van der Waals surface area contributed by atoms with Gasteiger partial charge in [0.05, 0.1) is 13.2 Å². The second kappa shape index (κ2) is 7.14. The van der Waals surface area contributed by atoms with E-state index in [2.05, 4.69) is 5.32 Å². The highest BCUT2D eigenvalue weighted by atomic mass is 16.6. The maximum absolute atomic E-state index is 11.9. The number of para-hydroxylation sites is 1. The molecule has 0 fully saturated rings. The molecule has 0 radical (unpaired) electrons. The first kappa shape index (κ1) is 16.3. The van der Waals surface area contributed by atoms with Gasteiger partial charge in [-0.15, -0.1) is 0 Å². The molecule has 1 rings (SSSR count). The molecule has 0 spiro atoms. The normalized spacial score (nSPS) is 12.7. The van der Waals surface area contributed by atoms with Crippen molar-refractivity contribution in [2.45, 2.75) is 38.8 Å². The molecule has 1 aromatic carbocycles. The molecule has 0 heterocycles. The van der Waals surface area contributed by atoms with Crippen molar-refractivity contribution >= 4 is 6.09 Å². The van der Waals surface area contributed by atoms with Gasteiger partial charge in [-0.3, -0.25) is 0 Å². The van der Waals surface area contributed by atoms with Gasteiger partial charge in [-0.25, -0.2) is 4.79 Å². The van der Waals surface area contributed by atoms with Crippen LogP contribution in [0, 0.1) is 0 Å². The number of ether oxygens (including phenoxy) is 2. The monoisotopic (exact) mass is 281 g/mol. The molecule has 0 aromatic heterocycles. The largest absolute Gasteiger partial charge is 0.496 e. The second-order valence-corrected chi connectivity index (χ2v) is 5.45. The van der Waals surface area contributed by atoms with Crippen LogP contribution < -0.4 is 10.1 Å². The van der Waals surface area contributed by atoms with E-state index in [1.165, 1.54) is 0 Å². The molecule has 1 atom stereocenters. The van der Waals surface area contributed by atoms with Crippen molar-refractivity contribution in [2.75, 3.05) is 13.7 Å². The van der Waals surface area contributed by atoms with Crippen molar-refractivity contribution in [3.8, 4) is 5.75 Å². The number of amides is 1. The van der Waals surface area contributed by atoms with Gasteiger partial charge in [0.25, 0.3) is 0 Å². The zero-order valence-electron chi connectivity index (χ0n) is 12.5. The molecular weight excluding hydrogens is 258 g/mol. The summed E-state index contributed by atoms with van der Waals surface area (Å²) >= 11 is 0. The lowest BCUT2D eigenvalue weighted by molar-refractivity contribution is 0.0496. The molecule has 2 N–H and O–H groups in total. The first-order valence-electron chi connectivity index (χ1n) is 6.60. The minimum absolute atomic E-state index is 0.0431. The Labute approximate surface area is 119 Å². The molecular formula is C15H23NO4. The Bertz CT molecular complexity index is 440. The number of carbonyl (C=O) groups is 1. The van der Waals surface area contributed by atoms with Gasteiger partial charge in [0.2, 0.25) is 0 Å². The molecule has 0 bridgehead atoms. The van der Waals surface area contributed by atoms with E-state index in [0.717, 1.165) is 5.56 Å². The van der Waals surface area contributed by atoms with Gasteiger partial charge in [-0.2, -0.15) is 0 Å². The Hall–Kier alpha value is -1.75. The SMILES string of the molecule is COc1ccccc1[C@H](CCO)NC(=O)OC(C)(C)C. The van der Waals surface area contributed by atoms with Crippen molar-refractivity contribution < 1.29 is 19.4 Å². The highest BCUT2D eigenvalue weighted by molar-refractivity contribution is 5.68. The smallest absolute Gasteiger partial charge is 0.408 e. The number of alkyl carbamates (subject to hydrolysis) is 1. The van der Waals surface area contributed by atoms with Crippen molar-refractivity contribution in [2.24, 2.45) is 0 Å². The Morgan fingerprint density at radius 2 is 2.00 bits per heavy atom. The molecule has 0 saturated heterocycles. The molecule has 5 nitrogen and oxygen atoms in total. The maximum Gasteiger partial charge on any atom is 0.408 e. The van der Waals surface area contributed by atoms with E-state index >= 15 is 0 Å². The number of rotatable bonds is 5. The number of carbonyl (C=O) groups excluding carboxylic acids is 1. The average molecular weight is 281 g/mol. The second-order valence-electron chi connectivity index (χ2n) is 5.45. The van der Waals surface area contributed by atoms with Gasteiger partial charge >= 0.3 is 6.09 Å². The van der Waals surface area contributed by atoms with Gasteiger partial charge in [-0.1, -0.05) is 18.2 Å². The summed E-state index contributed by atoms with van der Waals surface area (Å²) in [7, 11) is 1.57. The number of benzene rings is 1. The zero-order valence-corrected chi connectivity index (χ0v) is 12.5. The standard InChI is InChI=1S/C15H23NO4/c1-15(2,3)20-14(18)16-12(9-10-17)11-7-5-6-8-13(11)19-4/h5-8,12,17H,9-10H2,1-4H3,(H,16,18)/t12-/m0/s1. The summed E-state index contributed by atoms with van der Waals surface area (Å²) in [5.41, 5.74) is 0.254. The number of aliphatic hydroxyl groups is 1. The topological polar surface area (TPSA) is 67.8 Å². The Balaban J connectivity index is 2.86. The van der Waals surface area contributed by atoms with Gasteiger partial charge in [0, 0.05) is 12.2 Å². The van der Waals surface area contributed by atoms with Crippen molar-refractivity contribution in [3.63, 3.8) is 0 Å². The summed E-state index contributed by atoms with van der Waals surface area (Å²) < 4.78 is 10.5. The quantitative estimate of drug-likeness (QED) is 0.870. The fourth-order valence-electron chi connectivity index (χ4n) is 1.84. The molecule has 112 valence electrons. The van der Waals surface area contributed by atoms with Gasteiger partial charge in [0.1, 0.15) is 11.4 Å². The molecule has 20 heavy (non-hydrogen) atoms. The van der Waals surface area contributed by atoms with E-state index in [4.69, 9.17) is 9.47 Å². The predicted molar refractivity (Wildman–Crippen MR) is 76.8 cm³/mol. The minimum atomic E-state index is -0.561. The van der Waals surface area contributed by atoms with Crippen molar-refractivity contribution in [1.29, 1.82) is 0 Å². The van der Waals surface area contributed by atoms with Crippen LogP contribution in [-0.4, -0.2) is 30.5 Å². The zero-order chi connectivity index (χ0) is 15.2. The van der Waals surface area contributed by atoms with Crippen LogP contribution in [0.5, 0.6) is 5.75 Å². The van der Waals surface area contributed by atoms with Crippen molar-refractivity contribution in [3.05, 3.63) is 29.8 Å². The molecule has 5 heteroatoms. The van der Waals surface area contributed by atoms with Crippen LogP contribution in [-0.2, 0) is 4.74 Å². The minimum Gasteiger partial charge on any atom is -0.496 e. The van der Waals surface area contributed by atoms with E-state index < -0.39 is 11.7 Å². The predicted octanol–water partition coefficient (Wildman–Crippen LogP) is 2.64. The van der Waals surface area contributed by atoms with Crippen LogP contribution >= 0.6 is 0 Å². The number of nitrogens with one attached hydrogen (secondary N) is 1. The Kier molecular flexibility index (Phi) is 5.82. The summed E-state index contributed by atoms with van der Waals surface area (Å²) in [6.07, 6.45) is -0.124. The van der Waals surface area contributed by atoms with Gasteiger partial charge < -0.3 is 19.9 Å². The molecule has 0 unspecified atom stereocenters. The number of hydrogen-bond acceptors (Lipinski definition) is 4. The fraction of sp³-hybridized carbons (Fsp3) is 0.533. The van der Waals surface area contributed by atoms with E-state index in [0.29, 0.717) is 12.2 Å². The summed E-state index contributed by atoms with van der Waals surface area (Å²) in [5, 5.41) is 11.9. The first-order chi connectivity index (χ1) is 9.37. The average Bonchev–Trinajstić information content (AvgIpc) is 2.36. The highest BCUT2D eigenvalue weighted by Gasteiger charge is 2.22. The molecule has 1 aromatic rings. The third-order valence-electron chi connectivity index (χ3n) is 2.62. The van der Waals surface area contributed by atoms with E-state index in [1.54, 1.807) is 27.9 Å². The third-order valence-corrected chi connectivity index (χ3v) is 2.62. The summed E-state index contributed by atoms with van der Waals surface area (Å²) in [5.74, 6) is 0.669. The Morgan fingerprint density at radius 1 is 1.35 bits per heavy atom. The van der Waals surface area contributed by atoms with Crippen LogP contribution in [0.25, 0.3) is 0 Å². The Morgan fingerprint density at radius 3 is 2.55 bits per heavy atom. The van der Waals surface area contributed by atoms with Crippen LogP contribution in [0.1, 0.15) is 38.8 Å². The van der Waals surface area contributed by atoms with Crippen LogP contribution in [0.2, 0.25) is 0 Å². The number of aliphatic hydroxyl groups excluding tert-OH is 1. The highest BCUT2D eigenvalue weighted by Crippen LogP contribution is 2.27. The number of methoxy groups -OCH3 is 1. The van der Waals surface area contributed by atoms with Crippen LogP contribution in [0.4, 0.5) is 4.79 Å². The summed E-state index contributed by atoms with van der Waals surface area (Å²) in [4.78, 5) is 11.9. The maximum atomic E-state index is 11.9. The van der Waals surface area contributed by atoms with E-state index in [-0.39, 0.29) is 12.6 Å². The van der Waals surface area contributed by atoms with Gasteiger partial charge in [-0.05, 0) is 33.3 Å². The lowest BCUT2D eigenvalue weighted by Gasteiger charge is -2.24. The third kappa shape index (κ3) is 5.09. The first-order valence-corrected chi connectivity index (χ1v) is 6.60. The molecule has 0 aliphatic rings. The van der Waals surface area contributed by atoms with E-state index in [1.807, 2.05) is 24.3 Å². The van der Waals surface area contributed by atoms with E-state index in [9.17, 15) is 9.90 Å². The lowest BCUT2D eigenvalue weighted by Crippen LogP contribution is -2.35. The summed E-state index contributed by atoms with van der Waals surface area (Å²) in [6.45, 7) is 5.36. The van der Waals surface area contributed by atoms with Gasteiger partial charge in [0.15, 0.2) is 0 Å². The molecule has 1 amide bonds. The fourth-order valence-corrected chi connectivity index (χ4v) is 1.84. The van der Waals surface area contributed by atoms with Crippen LogP contribution in [0.15, 0.2) is 24.3 Å². The number of hydrogen-bond donors (Lipinski definition) is 2. The molecule has 0 aliphatic carbocycles. The van der Waals surface area contributed by atoms with Crippen molar-refractivity contribution in [1.82, 2.24) is 5.32 Å².